The van der Waals surface area contributed by atoms with Gasteiger partial charge in [-0.05, 0) is 26.3 Å². The molecule has 0 saturated heterocycles. The van der Waals surface area contributed by atoms with Crippen molar-refractivity contribution in [2.24, 2.45) is 0 Å². The average Bonchev–Trinajstić information content (AvgIpc) is 2.24. The highest BCUT2D eigenvalue weighted by Crippen LogP contribution is 2.07. The molecule has 0 amide bonds. The predicted molar refractivity (Wildman–Crippen MR) is 61.9 cm³/mol. The molecule has 0 N–H and O–H groups in total. The first kappa shape index (κ1) is 12.7. The first-order valence-corrected chi connectivity index (χ1v) is 5.31. The third kappa shape index (κ3) is 5.51. The molecule has 0 heterocycles. The van der Waals surface area contributed by atoms with E-state index < -0.39 is 0 Å². The lowest BCUT2D eigenvalue weighted by molar-refractivity contribution is -0.155. The van der Waals surface area contributed by atoms with Gasteiger partial charge in [0.05, 0.1) is 5.60 Å². The molecule has 1 aromatic carbocycles. The summed E-state index contributed by atoms with van der Waals surface area (Å²) < 4.78 is 10.4. The van der Waals surface area contributed by atoms with Crippen LogP contribution in [-0.2, 0) is 20.9 Å². The van der Waals surface area contributed by atoms with E-state index in [0.29, 0.717) is 6.61 Å². The molecule has 0 aliphatic rings. The van der Waals surface area contributed by atoms with E-state index in [1.54, 1.807) is 0 Å². The van der Waals surface area contributed by atoms with Gasteiger partial charge in [-0.2, -0.15) is 0 Å². The van der Waals surface area contributed by atoms with E-state index in [4.69, 9.17) is 9.47 Å². The summed E-state index contributed by atoms with van der Waals surface area (Å²) in [5, 5.41) is 0. The molecular weight excluding hydrogens is 204 g/mol. The molecule has 1 aromatic rings. The Hall–Kier alpha value is -1.35. The van der Waals surface area contributed by atoms with Gasteiger partial charge >= 0.3 is 5.97 Å². The van der Waals surface area contributed by atoms with Crippen LogP contribution < -0.4 is 0 Å². The first-order valence-electron chi connectivity index (χ1n) is 5.31. The maximum Gasteiger partial charge on any atom is 0.332 e. The summed E-state index contributed by atoms with van der Waals surface area (Å²) in [5.74, 6) is -0.334. The number of carbonyl (C=O) groups is 1. The van der Waals surface area contributed by atoms with Gasteiger partial charge in [-0.3, -0.25) is 0 Å². The fourth-order valence-electron chi connectivity index (χ4n) is 1.06. The van der Waals surface area contributed by atoms with Crippen LogP contribution in [-0.4, -0.2) is 18.2 Å². The van der Waals surface area contributed by atoms with Gasteiger partial charge in [-0.15, -0.1) is 0 Å². The molecule has 0 aromatic heterocycles. The largest absolute Gasteiger partial charge is 0.459 e. The van der Waals surface area contributed by atoms with Crippen LogP contribution in [0.2, 0.25) is 0 Å². The zero-order valence-electron chi connectivity index (χ0n) is 10.0. The zero-order valence-corrected chi connectivity index (χ0v) is 10.0. The van der Waals surface area contributed by atoms with Crippen molar-refractivity contribution >= 4 is 5.97 Å². The van der Waals surface area contributed by atoms with Gasteiger partial charge in [0.1, 0.15) is 13.2 Å². The molecular formula is C13H18O3. The highest BCUT2D eigenvalue weighted by atomic mass is 16.6. The molecule has 0 spiro atoms. The quantitative estimate of drug-likeness (QED) is 0.734. The van der Waals surface area contributed by atoms with Gasteiger partial charge in [0, 0.05) is 0 Å². The molecule has 0 aliphatic heterocycles. The van der Waals surface area contributed by atoms with Crippen LogP contribution in [0, 0.1) is 0 Å². The fourth-order valence-corrected chi connectivity index (χ4v) is 1.06. The van der Waals surface area contributed by atoms with Gasteiger partial charge in [0.2, 0.25) is 0 Å². The van der Waals surface area contributed by atoms with Gasteiger partial charge in [-0.1, -0.05) is 30.3 Å². The zero-order chi connectivity index (χ0) is 12.0. The van der Waals surface area contributed by atoms with Crippen LogP contribution in [0.4, 0.5) is 0 Å². The van der Waals surface area contributed by atoms with Crippen molar-refractivity contribution in [3.8, 4) is 0 Å². The molecule has 16 heavy (non-hydrogen) atoms. The summed E-state index contributed by atoms with van der Waals surface area (Å²) in [6.07, 6.45) is 0. The molecule has 3 heteroatoms. The molecule has 0 saturated carbocycles. The third-order valence-corrected chi connectivity index (χ3v) is 1.87. The van der Waals surface area contributed by atoms with Crippen LogP contribution in [0.15, 0.2) is 30.3 Å². The van der Waals surface area contributed by atoms with Crippen molar-refractivity contribution in [1.82, 2.24) is 0 Å². The Bertz CT molecular complexity index is 325. The molecule has 3 nitrogen and oxygen atoms in total. The Labute approximate surface area is 96.4 Å². The van der Waals surface area contributed by atoms with Crippen molar-refractivity contribution in [2.75, 3.05) is 6.61 Å². The van der Waals surface area contributed by atoms with Crippen molar-refractivity contribution in [1.29, 1.82) is 0 Å². The Morgan fingerprint density at radius 1 is 1.19 bits per heavy atom. The number of benzene rings is 1. The summed E-state index contributed by atoms with van der Waals surface area (Å²) in [4.78, 5) is 11.3. The maximum absolute atomic E-state index is 11.3. The first-order chi connectivity index (χ1) is 7.47. The molecule has 0 bridgehead atoms. The lowest BCUT2D eigenvalue weighted by Gasteiger charge is -2.18. The molecule has 88 valence electrons. The number of hydrogen-bond donors (Lipinski definition) is 0. The molecule has 0 atom stereocenters. The van der Waals surface area contributed by atoms with Crippen molar-refractivity contribution < 1.29 is 14.3 Å². The Morgan fingerprint density at radius 2 is 1.81 bits per heavy atom. The summed E-state index contributed by atoms with van der Waals surface area (Å²) in [6.45, 7) is 6.00. The second-order valence-electron chi connectivity index (χ2n) is 4.55. The van der Waals surface area contributed by atoms with E-state index in [-0.39, 0.29) is 18.2 Å². The highest BCUT2D eigenvalue weighted by molar-refractivity contribution is 5.70. The molecule has 1 rings (SSSR count). The smallest absolute Gasteiger partial charge is 0.332 e. The summed E-state index contributed by atoms with van der Waals surface area (Å²) in [5.41, 5.74) is 0.665. The second-order valence-corrected chi connectivity index (χ2v) is 4.55. The SMILES string of the molecule is CC(C)(C)OCC(=O)OCc1ccccc1. The van der Waals surface area contributed by atoms with Crippen LogP contribution in [0.3, 0.4) is 0 Å². The number of carbonyl (C=O) groups excluding carboxylic acids is 1. The predicted octanol–water partition coefficient (Wildman–Crippen LogP) is 2.54. The van der Waals surface area contributed by atoms with Crippen molar-refractivity contribution in [3.63, 3.8) is 0 Å². The number of hydrogen-bond acceptors (Lipinski definition) is 3. The van der Waals surface area contributed by atoms with Crippen molar-refractivity contribution in [3.05, 3.63) is 35.9 Å². The van der Waals surface area contributed by atoms with E-state index in [9.17, 15) is 4.79 Å². The third-order valence-electron chi connectivity index (χ3n) is 1.87. The maximum atomic E-state index is 11.3. The summed E-state index contributed by atoms with van der Waals surface area (Å²) in [6, 6.07) is 9.58. The number of ether oxygens (including phenoxy) is 2. The van der Waals surface area contributed by atoms with Crippen LogP contribution in [0.25, 0.3) is 0 Å². The van der Waals surface area contributed by atoms with E-state index in [0.717, 1.165) is 5.56 Å². The lowest BCUT2D eigenvalue weighted by atomic mass is 10.2. The Morgan fingerprint density at radius 3 is 2.38 bits per heavy atom. The minimum atomic E-state index is -0.334. The molecule has 0 radical (unpaired) electrons. The van der Waals surface area contributed by atoms with Gasteiger partial charge in [0.15, 0.2) is 0 Å². The topological polar surface area (TPSA) is 35.5 Å². The second kappa shape index (κ2) is 5.66. The molecule has 0 aliphatic carbocycles. The average molecular weight is 222 g/mol. The van der Waals surface area contributed by atoms with E-state index in [1.807, 2.05) is 51.1 Å². The molecule has 0 unspecified atom stereocenters. The van der Waals surface area contributed by atoms with Crippen LogP contribution in [0.1, 0.15) is 26.3 Å². The van der Waals surface area contributed by atoms with Crippen LogP contribution in [0.5, 0.6) is 0 Å². The van der Waals surface area contributed by atoms with E-state index in [1.165, 1.54) is 0 Å². The van der Waals surface area contributed by atoms with Gasteiger partial charge < -0.3 is 9.47 Å². The normalized spacial score (nSPS) is 11.2. The van der Waals surface area contributed by atoms with Crippen LogP contribution >= 0.6 is 0 Å². The van der Waals surface area contributed by atoms with Gasteiger partial charge in [-0.25, -0.2) is 4.79 Å². The molecule has 0 fully saturated rings. The fraction of sp³-hybridized carbons (Fsp3) is 0.462. The number of esters is 1. The Balaban J connectivity index is 2.26. The van der Waals surface area contributed by atoms with E-state index >= 15 is 0 Å². The van der Waals surface area contributed by atoms with Gasteiger partial charge in [0.25, 0.3) is 0 Å². The Kier molecular flexibility index (Phi) is 4.50. The number of rotatable bonds is 4. The van der Waals surface area contributed by atoms with E-state index in [2.05, 4.69) is 0 Å². The standard InChI is InChI=1S/C13H18O3/c1-13(2,3)16-10-12(14)15-9-11-7-5-4-6-8-11/h4-8H,9-10H2,1-3H3. The minimum Gasteiger partial charge on any atom is -0.459 e. The monoisotopic (exact) mass is 222 g/mol. The van der Waals surface area contributed by atoms with Crippen molar-refractivity contribution in [2.45, 2.75) is 33.0 Å². The summed E-state index contributed by atoms with van der Waals surface area (Å²) in [7, 11) is 0. The minimum absolute atomic E-state index is 0.00364. The lowest BCUT2D eigenvalue weighted by Crippen LogP contribution is -2.24. The highest BCUT2D eigenvalue weighted by Gasteiger charge is 2.13. The summed E-state index contributed by atoms with van der Waals surface area (Å²) >= 11 is 0.